The van der Waals surface area contributed by atoms with E-state index in [1.165, 1.54) is 12.1 Å². The average molecular weight is 461 g/mol. The number of sulfone groups is 1. The van der Waals surface area contributed by atoms with Crippen LogP contribution in [0.4, 0.5) is 17.1 Å². The van der Waals surface area contributed by atoms with Crippen LogP contribution >= 0.6 is 0 Å². The van der Waals surface area contributed by atoms with Crippen LogP contribution in [0.3, 0.4) is 0 Å². The van der Waals surface area contributed by atoms with Crippen LogP contribution in [0.2, 0.25) is 0 Å². The maximum Gasteiger partial charge on any atom is 0.311 e. The van der Waals surface area contributed by atoms with Crippen molar-refractivity contribution in [1.29, 1.82) is 0 Å². The number of hydrogen-bond donors (Lipinski definition) is 0. The molecule has 2 aromatic rings. The van der Waals surface area contributed by atoms with Crippen LogP contribution < -0.4 is 0 Å². The highest BCUT2D eigenvalue weighted by atomic mass is 32.2. The molecule has 0 aliphatic heterocycles. The summed E-state index contributed by atoms with van der Waals surface area (Å²) >= 11 is 0. The summed E-state index contributed by atoms with van der Waals surface area (Å²) in [6, 6.07) is 5.56. The van der Waals surface area contributed by atoms with E-state index < -0.39 is 62.6 Å². The first kappa shape index (κ1) is 22.8. The van der Waals surface area contributed by atoms with Gasteiger partial charge in [0.2, 0.25) is 14.7 Å². The van der Waals surface area contributed by atoms with E-state index in [-0.39, 0.29) is 17.0 Å². The molecule has 0 aliphatic rings. The highest BCUT2D eigenvalue weighted by Crippen LogP contribution is 2.38. The zero-order chi connectivity index (χ0) is 22.9. The molecule has 0 spiro atoms. The number of non-ortho nitro benzene ring substituents is 1. The summed E-state index contributed by atoms with van der Waals surface area (Å²) in [7, 11) is -9.74. The molecule has 0 atom stereocenters. The Bertz CT molecular complexity index is 1220. The molecule has 0 unspecified atom stereocenters. The number of hydrogen-bond acceptors (Lipinski definition) is 11. The van der Waals surface area contributed by atoms with E-state index in [1.54, 1.807) is 6.92 Å². The van der Waals surface area contributed by atoms with E-state index in [0.717, 1.165) is 12.1 Å². The second-order valence-electron chi connectivity index (χ2n) is 5.70. The minimum absolute atomic E-state index is 0.192. The van der Waals surface area contributed by atoms with Gasteiger partial charge in [-0.2, -0.15) is 8.42 Å². The van der Waals surface area contributed by atoms with Crippen LogP contribution in [0.25, 0.3) is 0 Å². The van der Waals surface area contributed by atoms with Crippen molar-refractivity contribution in [3.63, 3.8) is 0 Å². The Morgan fingerprint density at radius 1 is 0.833 bits per heavy atom. The van der Waals surface area contributed by atoms with Crippen molar-refractivity contribution in [3.05, 3.63) is 72.3 Å². The third-order valence-corrected chi connectivity index (χ3v) is 6.54. The van der Waals surface area contributed by atoms with E-state index in [0.29, 0.717) is 5.56 Å². The molecular weight excluding hydrogens is 450 g/mol. The van der Waals surface area contributed by atoms with Gasteiger partial charge in [0.05, 0.1) is 31.8 Å². The fraction of sp³-hybridized carbons (Fsp3) is 0.143. The van der Waals surface area contributed by atoms with Gasteiger partial charge in [0.1, 0.15) is 0 Å². The average Bonchev–Trinajstić information content (AvgIpc) is 2.65. The highest BCUT2D eigenvalue weighted by Gasteiger charge is 2.40. The van der Waals surface area contributed by atoms with Crippen molar-refractivity contribution in [2.24, 2.45) is 0 Å². The number of aryl methyl sites for hydroxylation is 1. The van der Waals surface area contributed by atoms with Crippen LogP contribution in [0, 0.1) is 37.3 Å². The maximum absolute atomic E-state index is 12.4. The van der Waals surface area contributed by atoms with Gasteiger partial charge in [0.25, 0.3) is 5.69 Å². The third kappa shape index (κ3) is 4.73. The van der Waals surface area contributed by atoms with Crippen molar-refractivity contribution in [2.75, 3.05) is 5.94 Å². The number of rotatable bonds is 8. The molecule has 30 heavy (non-hydrogen) atoms. The predicted octanol–water partition coefficient (Wildman–Crippen LogP) is 1.86. The lowest BCUT2D eigenvalue weighted by Crippen LogP contribution is -2.17. The molecule has 14 nitrogen and oxygen atoms in total. The highest BCUT2D eigenvalue weighted by molar-refractivity contribution is 7.92. The first-order valence-corrected chi connectivity index (χ1v) is 10.6. The molecule has 0 amide bonds. The zero-order valence-corrected chi connectivity index (χ0v) is 16.5. The van der Waals surface area contributed by atoms with Gasteiger partial charge >= 0.3 is 21.5 Å². The van der Waals surface area contributed by atoms with Crippen molar-refractivity contribution in [2.45, 2.75) is 16.7 Å². The van der Waals surface area contributed by atoms with E-state index in [1.807, 2.05) is 0 Å². The van der Waals surface area contributed by atoms with Crippen molar-refractivity contribution >= 4 is 37.0 Å². The van der Waals surface area contributed by atoms with Gasteiger partial charge in [-0.25, -0.2) is 12.6 Å². The fourth-order valence-electron chi connectivity index (χ4n) is 2.22. The molecule has 0 aliphatic carbocycles. The van der Waals surface area contributed by atoms with E-state index in [9.17, 15) is 47.2 Å². The lowest BCUT2D eigenvalue weighted by molar-refractivity contribution is -0.407. The standard InChI is InChI=1S/C14H11N3O11S2/c1-9-2-4-11(5-3-9)29(24,25)8-28-30(26,27)14-12(16(20)21)6-10(15(18)19)7-13(14)17(22)23/h2-7H,8H2,1H3. The van der Waals surface area contributed by atoms with E-state index >= 15 is 0 Å². The molecule has 16 heteroatoms. The SMILES string of the molecule is Cc1ccc(S(=O)(=O)COS(=O)(=O)c2c([N+](=O)[O-])cc([N+](=O)[O-])cc2[N+](=O)[O-])cc1. The number of nitro groups is 3. The Labute approximate surface area is 168 Å². The number of nitrogens with zero attached hydrogens (tertiary/aromatic N) is 3. The van der Waals surface area contributed by atoms with Gasteiger partial charge in [-0.1, -0.05) is 17.7 Å². The third-order valence-electron chi connectivity index (χ3n) is 3.63. The molecule has 2 aromatic carbocycles. The van der Waals surface area contributed by atoms with Gasteiger partial charge in [0, 0.05) is 0 Å². The van der Waals surface area contributed by atoms with Crippen LogP contribution in [-0.2, 0) is 24.1 Å². The molecule has 0 aromatic heterocycles. The minimum atomic E-state index is -5.39. The molecule has 0 N–H and O–H groups in total. The number of nitro benzene ring substituents is 3. The molecule has 0 heterocycles. The summed E-state index contributed by atoms with van der Waals surface area (Å²) in [6.07, 6.45) is 0. The first-order valence-electron chi connectivity index (χ1n) is 7.56. The first-order chi connectivity index (χ1) is 13.8. The molecule has 0 saturated heterocycles. The minimum Gasteiger partial charge on any atom is -0.258 e. The van der Waals surface area contributed by atoms with E-state index in [2.05, 4.69) is 4.18 Å². The van der Waals surface area contributed by atoms with Gasteiger partial charge in [0.15, 0.2) is 5.94 Å². The molecule has 0 saturated carbocycles. The van der Waals surface area contributed by atoms with E-state index in [4.69, 9.17) is 0 Å². The van der Waals surface area contributed by atoms with Crippen molar-refractivity contribution in [3.8, 4) is 0 Å². The predicted molar refractivity (Wildman–Crippen MR) is 97.9 cm³/mol. The van der Waals surface area contributed by atoms with Gasteiger partial charge in [-0.15, -0.1) is 0 Å². The Morgan fingerprint density at radius 3 is 1.70 bits per heavy atom. The van der Waals surface area contributed by atoms with Crippen LogP contribution in [0.15, 0.2) is 46.2 Å². The molecule has 0 bridgehead atoms. The smallest absolute Gasteiger partial charge is 0.258 e. The van der Waals surface area contributed by atoms with Crippen molar-refractivity contribution < 1.29 is 35.8 Å². The van der Waals surface area contributed by atoms with Crippen LogP contribution in [-0.4, -0.2) is 37.5 Å². The van der Waals surface area contributed by atoms with Crippen molar-refractivity contribution in [1.82, 2.24) is 0 Å². The zero-order valence-electron chi connectivity index (χ0n) is 14.8. The molecular formula is C14H11N3O11S2. The topological polar surface area (TPSA) is 207 Å². The normalized spacial score (nSPS) is 11.8. The molecule has 0 radical (unpaired) electrons. The summed E-state index contributed by atoms with van der Waals surface area (Å²) in [5.74, 6) is -1.51. The second kappa shape index (κ2) is 8.09. The lowest BCUT2D eigenvalue weighted by atomic mass is 10.2. The van der Waals surface area contributed by atoms with Crippen LogP contribution in [0.1, 0.15) is 5.56 Å². The van der Waals surface area contributed by atoms with Gasteiger partial charge < -0.3 is 0 Å². The molecule has 0 fully saturated rings. The maximum atomic E-state index is 12.4. The Morgan fingerprint density at radius 2 is 1.30 bits per heavy atom. The summed E-state index contributed by atoms with van der Waals surface area (Å²) in [5, 5.41) is 33.2. The molecule has 2 rings (SSSR count). The summed E-state index contributed by atoms with van der Waals surface area (Å²) in [5.41, 5.74) is -3.42. The molecule has 160 valence electrons. The van der Waals surface area contributed by atoms with Gasteiger partial charge in [-0.05, 0) is 19.1 Å². The lowest BCUT2D eigenvalue weighted by Gasteiger charge is -2.08. The summed E-state index contributed by atoms with van der Waals surface area (Å²) in [4.78, 5) is 27.3. The second-order valence-corrected chi connectivity index (χ2v) is 9.19. The fourth-order valence-corrected chi connectivity index (χ4v) is 4.81. The largest absolute Gasteiger partial charge is 0.311 e. The van der Waals surface area contributed by atoms with Gasteiger partial charge in [-0.3, -0.25) is 30.3 Å². The monoisotopic (exact) mass is 461 g/mol. The van der Waals surface area contributed by atoms with Crippen LogP contribution in [0.5, 0.6) is 0 Å². The quantitative estimate of drug-likeness (QED) is 0.315. The Kier molecular flexibility index (Phi) is 6.14. The summed E-state index contributed by atoms with van der Waals surface area (Å²) in [6.45, 7) is 1.67. The Balaban J connectivity index is 2.56. The Hall–Kier alpha value is -3.50. The summed E-state index contributed by atoms with van der Waals surface area (Å²) < 4.78 is 53.7. The number of benzene rings is 2.